The number of H-pyrrole nitrogens is 1. The first kappa shape index (κ1) is 19.2. The van der Waals surface area contributed by atoms with Crippen LogP contribution in [0.15, 0.2) is 42.2 Å². The van der Waals surface area contributed by atoms with Gasteiger partial charge in [-0.05, 0) is 48.7 Å². The predicted molar refractivity (Wildman–Crippen MR) is 105 cm³/mol. The highest BCUT2D eigenvalue weighted by molar-refractivity contribution is 6.34. The third-order valence-electron chi connectivity index (χ3n) is 5.34. The Bertz CT molecular complexity index is 1040. The van der Waals surface area contributed by atoms with Gasteiger partial charge in [0.2, 0.25) is 5.91 Å². The zero-order chi connectivity index (χ0) is 20.9. The summed E-state index contributed by atoms with van der Waals surface area (Å²) >= 11 is 6.32. The summed E-state index contributed by atoms with van der Waals surface area (Å²) in [5, 5.41) is 22.4. The van der Waals surface area contributed by atoms with Crippen LogP contribution >= 0.6 is 11.6 Å². The van der Waals surface area contributed by atoms with E-state index in [1.165, 1.54) is 11.8 Å². The molecule has 0 bridgehead atoms. The van der Waals surface area contributed by atoms with E-state index >= 15 is 0 Å². The monoisotopic (exact) mass is 415 g/mol. The second-order valence-electron chi connectivity index (χ2n) is 7.11. The number of carbonyl (C=O) groups is 3. The van der Waals surface area contributed by atoms with Crippen molar-refractivity contribution in [3.8, 4) is 0 Å². The maximum absolute atomic E-state index is 12.3. The number of nitrogens with one attached hydrogen (secondary N) is 2. The van der Waals surface area contributed by atoms with E-state index in [-0.39, 0.29) is 22.7 Å². The molecule has 0 saturated carbocycles. The molecule has 2 aromatic rings. The predicted octanol–water partition coefficient (Wildman–Crippen LogP) is 2.33. The number of carboxylic acids is 1. The number of rotatable bonds is 5. The number of aromatic nitrogens is 1. The van der Waals surface area contributed by atoms with Crippen molar-refractivity contribution in [1.82, 2.24) is 9.88 Å². The van der Waals surface area contributed by atoms with Crippen LogP contribution in [0.5, 0.6) is 0 Å². The lowest BCUT2D eigenvalue weighted by molar-refractivity contribution is -0.161. The Kier molecular flexibility index (Phi) is 4.68. The van der Waals surface area contributed by atoms with Crippen molar-refractivity contribution in [3.05, 3.63) is 58.5 Å². The van der Waals surface area contributed by atoms with Crippen LogP contribution in [0.2, 0.25) is 5.02 Å². The summed E-state index contributed by atoms with van der Waals surface area (Å²) in [5.41, 5.74) is 1.70. The van der Waals surface area contributed by atoms with E-state index in [1.807, 2.05) is 0 Å². The standard InChI is InChI=1S/C20H18ClN3O5/c1-9(25)16-15-8-11(17(20(28)29)24(15)19(16)27)10-4-5-13(12(21)7-10)23-18(26)14-3-2-6-22-14/h2-7,9,15-16,22,25H,8H2,1H3,(H,23,26)(H,28,29)/t9-,15-,16-/m1/s1. The molecule has 1 aromatic carbocycles. The minimum absolute atomic E-state index is 0.0869. The molecular formula is C20H18ClN3O5. The van der Waals surface area contributed by atoms with Gasteiger partial charge < -0.3 is 25.4 Å². The Morgan fingerprint density at radius 2 is 2.10 bits per heavy atom. The van der Waals surface area contributed by atoms with Crippen LogP contribution in [0, 0.1) is 5.92 Å². The molecule has 3 heterocycles. The summed E-state index contributed by atoms with van der Waals surface area (Å²) in [6.07, 6.45) is 1.09. The number of amides is 2. The molecule has 2 amide bonds. The number of aliphatic hydroxyl groups excluding tert-OH is 1. The fraction of sp³-hybridized carbons (Fsp3) is 0.250. The molecule has 0 unspecified atom stereocenters. The van der Waals surface area contributed by atoms with Crippen LogP contribution in [0.1, 0.15) is 29.4 Å². The zero-order valence-electron chi connectivity index (χ0n) is 15.3. The van der Waals surface area contributed by atoms with Gasteiger partial charge >= 0.3 is 5.97 Å². The second-order valence-corrected chi connectivity index (χ2v) is 7.52. The average Bonchev–Trinajstić information content (AvgIpc) is 3.29. The lowest BCUT2D eigenvalue weighted by Crippen LogP contribution is -2.61. The number of nitrogens with zero attached hydrogens (tertiary/aromatic N) is 1. The van der Waals surface area contributed by atoms with Crippen molar-refractivity contribution in [1.29, 1.82) is 0 Å². The van der Waals surface area contributed by atoms with Gasteiger partial charge in [-0.2, -0.15) is 0 Å². The fourth-order valence-electron chi connectivity index (χ4n) is 3.99. The number of hydrogen-bond donors (Lipinski definition) is 4. The molecule has 1 saturated heterocycles. The Balaban J connectivity index is 1.63. The first-order chi connectivity index (χ1) is 13.8. The number of hydrogen-bond acceptors (Lipinski definition) is 4. The molecule has 4 rings (SSSR count). The maximum atomic E-state index is 12.3. The second kappa shape index (κ2) is 7.06. The topological polar surface area (TPSA) is 123 Å². The van der Waals surface area contributed by atoms with Gasteiger partial charge in [-0.25, -0.2) is 4.79 Å². The minimum Gasteiger partial charge on any atom is -0.477 e. The molecular weight excluding hydrogens is 398 g/mol. The largest absolute Gasteiger partial charge is 0.477 e. The highest BCUT2D eigenvalue weighted by Crippen LogP contribution is 2.47. The first-order valence-corrected chi connectivity index (χ1v) is 9.39. The molecule has 3 atom stereocenters. The molecule has 29 heavy (non-hydrogen) atoms. The third-order valence-corrected chi connectivity index (χ3v) is 5.65. The van der Waals surface area contributed by atoms with Gasteiger partial charge in [0.05, 0.1) is 28.8 Å². The van der Waals surface area contributed by atoms with Gasteiger partial charge in [0.1, 0.15) is 11.4 Å². The minimum atomic E-state index is -1.21. The highest BCUT2D eigenvalue weighted by atomic mass is 35.5. The summed E-state index contributed by atoms with van der Waals surface area (Å²) in [6.45, 7) is 1.52. The number of benzene rings is 1. The molecule has 0 aliphatic carbocycles. The van der Waals surface area contributed by atoms with Gasteiger partial charge in [0.15, 0.2) is 0 Å². The van der Waals surface area contributed by atoms with E-state index in [0.717, 1.165) is 0 Å². The number of aliphatic carboxylic acids is 1. The number of carboxylic acid groups (broad SMARTS) is 1. The van der Waals surface area contributed by atoms with Gasteiger partial charge in [-0.3, -0.25) is 9.59 Å². The van der Waals surface area contributed by atoms with E-state index in [0.29, 0.717) is 28.9 Å². The molecule has 8 nitrogen and oxygen atoms in total. The highest BCUT2D eigenvalue weighted by Gasteiger charge is 2.56. The van der Waals surface area contributed by atoms with Crippen molar-refractivity contribution in [3.63, 3.8) is 0 Å². The molecule has 9 heteroatoms. The average molecular weight is 416 g/mol. The summed E-state index contributed by atoms with van der Waals surface area (Å²) in [4.78, 5) is 40.4. The summed E-state index contributed by atoms with van der Waals surface area (Å²) in [5.74, 6) is -2.57. The molecule has 0 radical (unpaired) electrons. The zero-order valence-corrected chi connectivity index (χ0v) is 16.1. The van der Waals surface area contributed by atoms with Crippen molar-refractivity contribution >= 4 is 40.6 Å². The molecule has 2 aliphatic rings. The maximum Gasteiger partial charge on any atom is 0.352 e. The van der Waals surface area contributed by atoms with Gasteiger partial charge in [-0.15, -0.1) is 0 Å². The van der Waals surface area contributed by atoms with Crippen LogP contribution in [-0.4, -0.2) is 50.0 Å². The quantitative estimate of drug-likeness (QED) is 0.558. The smallest absolute Gasteiger partial charge is 0.352 e. The molecule has 150 valence electrons. The van der Waals surface area contributed by atoms with Crippen LogP contribution < -0.4 is 5.32 Å². The Morgan fingerprint density at radius 1 is 1.34 bits per heavy atom. The van der Waals surface area contributed by atoms with E-state index in [1.54, 1.807) is 36.5 Å². The number of anilines is 1. The Hall–Kier alpha value is -3.10. The van der Waals surface area contributed by atoms with Crippen LogP contribution in [0.3, 0.4) is 0 Å². The summed E-state index contributed by atoms with van der Waals surface area (Å²) < 4.78 is 0. The number of aromatic amines is 1. The van der Waals surface area contributed by atoms with E-state index < -0.39 is 23.9 Å². The van der Waals surface area contributed by atoms with Crippen LogP contribution in [-0.2, 0) is 9.59 Å². The van der Waals surface area contributed by atoms with Crippen LogP contribution in [0.25, 0.3) is 5.57 Å². The van der Waals surface area contributed by atoms with Gasteiger partial charge in [-0.1, -0.05) is 17.7 Å². The number of fused-ring (bicyclic) bond motifs is 1. The summed E-state index contributed by atoms with van der Waals surface area (Å²) in [6, 6.07) is 7.76. The Labute approximate surface area is 170 Å². The first-order valence-electron chi connectivity index (χ1n) is 9.02. The van der Waals surface area contributed by atoms with Gasteiger partial charge in [0, 0.05) is 6.20 Å². The van der Waals surface area contributed by atoms with Crippen LogP contribution in [0.4, 0.5) is 5.69 Å². The molecule has 1 aromatic heterocycles. The third kappa shape index (κ3) is 3.10. The SMILES string of the molecule is C[C@@H](O)[C@H]1C(=O)N2C(C(=O)O)=C(c3ccc(NC(=O)c4ccc[nH]4)c(Cl)c3)C[C@H]12. The van der Waals surface area contributed by atoms with Crippen molar-refractivity contribution in [2.24, 2.45) is 5.92 Å². The van der Waals surface area contributed by atoms with E-state index in [4.69, 9.17) is 11.6 Å². The molecule has 0 spiro atoms. The summed E-state index contributed by atoms with van der Waals surface area (Å²) in [7, 11) is 0. The van der Waals surface area contributed by atoms with E-state index in [2.05, 4.69) is 10.3 Å². The van der Waals surface area contributed by atoms with Gasteiger partial charge in [0.25, 0.3) is 5.91 Å². The Morgan fingerprint density at radius 3 is 2.69 bits per heavy atom. The number of carbonyl (C=O) groups excluding carboxylic acids is 2. The number of β-lactam (4-membered cyclic amide) rings is 1. The fourth-order valence-corrected chi connectivity index (χ4v) is 4.22. The van der Waals surface area contributed by atoms with Crippen molar-refractivity contribution in [2.45, 2.75) is 25.5 Å². The normalized spacial score (nSPS) is 21.6. The molecule has 4 N–H and O–H groups in total. The van der Waals surface area contributed by atoms with Crippen molar-refractivity contribution in [2.75, 3.05) is 5.32 Å². The lowest BCUT2D eigenvalue weighted by Gasteiger charge is -2.44. The molecule has 1 fully saturated rings. The van der Waals surface area contributed by atoms with E-state index in [9.17, 15) is 24.6 Å². The number of aliphatic hydroxyl groups is 1. The number of halogens is 1. The van der Waals surface area contributed by atoms with Crippen molar-refractivity contribution < 1.29 is 24.6 Å². The lowest BCUT2D eigenvalue weighted by atomic mass is 9.82. The molecule has 2 aliphatic heterocycles.